The molecule has 92 valence electrons. The van der Waals surface area contributed by atoms with Crippen molar-refractivity contribution in [3.63, 3.8) is 0 Å². The average molecular weight is 242 g/mol. The van der Waals surface area contributed by atoms with Crippen molar-refractivity contribution in [2.24, 2.45) is 0 Å². The van der Waals surface area contributed by atoms with Gasteiger partial charge in [0.2, 0.25) is 0 Å². The molecule has 0 saturated heterocycles. The number of aromatic nitrogens is 1. The Labute approximate surface area is 105 Å². The van der Waals surface area contributed by atoms with Gasteiger partial charge in [0.25, 0.3) is 0 Å². The molecule has 0 radical (unpaired) electrons. The van der Waals surface area contributed by atoms with Gasteiger partial charge in [-0.15, -0.1) is 0 Å². The predicted octanol–water partition coefficient (Wildman–Crippen LogP) is 2.12. The monoisotopic (exact) mass is 242 g/mol. The van der Waals surface area contributed by atoms with Crippen molar-refractivity contribution in [2.45, 2.75) is 0 Å². The van der Waals surface area contributed by atoms with E-state index in [2.05, 4.69) is 0 Å². The summed E-state index contributed by atoms with van der Waals surface area (Å²) in [5.41, 5.74) is 2.73. The third kappa shape index (κ3) is 1.49. The lowest BCUT2D eigenvalue weighted by molar-refractivity contribution is 0.0995. The molecule has 0 fully saturated rings. The van der Waals surface area contributed by atoms with Crippen LogP contribution in [0.2, 0.25) is 0 Å². The van der Waals surface area contributed by atoms with E-state index >= 15 is 0 Å². The van der Waals surface area contributed by atoms with Crippen LogP contribution >= 0.6 is 0 Å². The zero-order valence-electron chi connectivity index (χ0n) is 10.4. The van der Waals surface area contributed by atoms with Gasteiger partial charge >= 0.3 is 0 Å². The smallest absolute Gasteiger partial charge is 0.198 e. The van der Waals surface area contributed by atoms with Gasteiger partial charge in [-0.1, -0.05) is 0 Å². The Bertz CT molecular complexity index is 616. The van der Waals surface area contributed by atoms with Crippen LogP contribution in [0.4, 0.5) is 5.69 Å². The molecule has 1 aromatic carbocycles. The number of hydrogen-bond donors (Lipinski definition) is 0. The number of carbonyl (C=O) groups excluding carboxylic acids is 1. The second-order valence-electron chi connectivity index (χ2n) is 4.40. The van der Waals surface area contributed by atoms with Crippen molar-refractivity contribution < 1.29 is 9.53 Å². The first-order chi connectivity index (χ1) is 8.70. The van der Waals surface area contributed by atoms with Crippen LogP contribution in [0.25, 0.3) is 5.69 Å². The second kappa shape index (κ2) is 3.91. The van der Waals surface area contributed by atoms with E-state index < -0.39 is 0 Å². The summed E-state index contributed by atoms with van der Waals surface area (Å²) in [5, 5.41) is 0. The summed E-state index contributed by atoms with van der Waals surface area (Å²) in [6.07, 6.45) is 1.91. The quantitative estimate of drug-likeness (QED) is 0.768. The highest BCUT2D eigenvalue weighted by Gasteiger charge is 2.22. The molecule has 1 aromatic heterocycles. The predicted molar refractivity (Wildman–Crippen MR) is 69.9 cm³/mol. The highest BCUT2D eigenvalue weighted by Crippen LogP contribution is 2.31. The van der Waals surface area contributed by atoms with Crippen LogP contribution in [0.5, 0.6) is 5.75 Å². The van der Waals surface area contributed by atoms with Crippen molar-refractivity contribution in [1.82, 2.24) is 4.57 Å². The first kappa shape index (κ1) is 10.9. The Hall–Kier alpha value is -2.23. The maximum atomic E-state index is 12.1. The molecule has 4 heteroatoms. The molecular formula is C14H14N2O2. The highest BCUT2D eigenvalue weighted by molar-refractivity contribution is 6.00. The number of anilines is 1. The van der Waals surface area contributed by atoms with E-state index in [1.807, 2.05) is 53.0 Å². The number of Topliss-reactive ketones (excluding diaryl/α,β-unsaturated/α-hetero) is 1. The molecule has 18 heavy (non-hydrogen) atoms. The third-order valence-corrected chi connectivity index (χ3v) is 3.27. The molecule has 0 amide bonds. The van der Waals surface area contributed by atoms with Crippen LogP contribution in [0.3, 0.4) is 0 Å². The number of ketones is 1. The minimum atomic E-state index is 0.123. The number of benzene rings is 1. The summed E-state index contributed by atoms with van der Waals surface area (Å²) in [6.45, 7) is 0.379. The summed E-state index contributed by atoms with van der Waals surface area (Å²) in [5.74, 6) is 0.918. The van der Waals surface area contributed by atoms with Crippen LogP contribution in [0.1, 0.15) is 10.5 Å². The van der Waals surface area contributed by atoms with E-state index in [1.54, 1.807) is 7.11 Å². The van der Waals surface area contributed by atoms with E-state index in [4.69, 9.17) is 4.74 Å². The molecule has 2 aromatic rings. The minimum absolute atomic E-state index is 0.123. The maximum Gasteiger partial charge on any atom is 0.198 e. The van der Waals surface area contributed by atoms with E-state index in [1.165, 1.54) is 0 Å². The number of ether oxygens (including phenoxy) is 1. The van der Waals surface area contributed by atoms with E-state index in [9.17, 15) is 4.79 Å². The van der Waals surface area contributed by atoms with Crippen LogP contribution < -0.4 is 9.64 Å². The summed E-state index contributed by atoms with van der Waals surface area (Å²) in [6, 6.07) is 9.60. The molecule has 1 aliphatic heterocycles. The van der Waals surface area contributed by atoms with Gasteiger partial charge in [-0.3, -0.25) is 4.79 Å². The summed E-state index contributed by atoms with van der Waals surface area (Å²) in [7, 11) is 3.56. The molecule has 4 nitrogen and oxygen atoms in total. The largest absolute Gasteiger partial charge is 0.497 e. The van der Waals surface area contributed by atoms with Gasteiger partial charge in [0.1, 0.15) is 5.75 Å². The number of hydrogen-bond acceptors (Lipinski definition) is 3. The molecular weight excluding hydrogens is 228 g/mol. The number of methoxy groups -OCH3 is 1. The van der Waals surface area contributed by atoms with Gasteiger partial charge in [0.15, 0.2) is 5.78 Å². The van der Waals surface area contributed by atoms with Crippen LogP contribution in [-0.4, -0.2) is 31.1 Å². The average Bonchev–Trinajstić information content (AvgIpc) is 2.83. The lowest BCUT2D eigenvalue weighted by atomic mass is 10.2. The molecule has 0 saturated carbocycles. The fraction of sp³-hybridized carbons (Fsp3) is 0.214. The van der Waals surface area contributed by atoms with Crippen LogP contribution in [0.15, 0.2) is 36.5 Å². The van der Waals surface area contributed by atoms with Gasteiger partial charge in [-0.2, -0.15) is 0 Å². The molecule has 1 aliphatic rings. The SMILES string of the molecule is COc1ccc2c(c1)N(C)CC(=O)c1cccn1-2. The highest BCUT2D eigenvalue weighted by atomic mass is 16.5. The van der Waals surface area contributed by atoms with Crippen LogP contribution in [0, 0.1) is 0 Å². The Morgan fingerprint density at radius 1 is 1.22 bits per heavy atom. The van der Waals surface area contributed by atoms with E-state index in [0.717, 1.165) is 22.8 Å². The molecule has 2 heterocycles. The molecule has 0 aliphatic carbocycles. The first-order valence-corrected chi connectivity index (χ1v) is 5.81. The Morgan fingerprint density at radius 3 is 2.83 bits per heavy atom. The lowest BCUT2D eigenvalue weighted by Crippen LogP contribution is -2.24. The second-order valence-corrected chi connectivity index (χ2v) is 4.40. The van der Waals surface area contributed by atoms with Gasteiger partial charge in [-0.05, 0) is 24.3 Å². The Balaban J connectivity index is 2.26. The molecule has 0 bridgehead atoms. The van der Waals surface area contributed by atoms with Gasteiger partial charge in [-0.25, -0.2) is 0 Å². The van der Waals surface area contributed by atoms with Gasteiger partial charge in [0.05, 0.1) is 30.7 Å². The number of nitrogens with zero attached hydrogens (tertiary/aromatic N) is 2. The molecule has 0 unspecified atom stereocenters. The van der Waals surface area contributed by atoms with Crippen LogP contribution in [-0.2, 0) is 0 Å². The van der Waals surface area contributed by atoms with Crippen molar-refractivity contribution in [1.29, 1.82) is 0 Å². The number of rotatable bonds is 1. The molecule has 0 spiro atoms. The van der Waals surface area contributed by atoms with Crippen molar-refractivity contribution >= 4 is 11.5 Å². The standard InChI is InChI=1S/C14H14N2O2/c1-15-9-14(17)12-4-3-7-16(12)11-6-5-10(18-2)8-13(11)15/h3-8H,9H2,1-2H3. The Morgan fingerprint density at radius 2 is 2.06 bits per heavy atom. The summed E-state index contributed by atoms with van der Waals surface area (Å²) < 4.78 is 7.18. The summed E-state index contributed by atoms with van der Waals surface area (Å²) in [4.78, 5) is 14.1. The normalized spacial score (nSPS) is 13.9. The zero-order valence-corrected chi connectivity index (χ0v) is 10.4. The number of likely N-dealkylation sites (N-methyl/N-ethyl adjacent to an activating group) is 1. The van der Waals surface area contributed by atoms with Gasteiger partial charge < -0.3 is 14.2 Å². The van der Waals surface area contributed by atoms with Gasteiger partial charge in [0, 0.05) is 19.3 Å². The number of carbonyl (C=O) groups is 1. The lowest BCUT2D eigenvalue weighted by Gasteiger charge is -2.19. The fourth-order valence-corrected chi connectivity index (χ4v) is 2.34. The summed E-state index contributed by atoms with van der Waals surface area (Å²) >= 11 is 0. The fourth-order valence-electron chi connectivity index (χ4n) is 2.34. The number of fused-ring (bicyclic) bond motifs is 3. The molecule has 0 N–H and O–H groups in total. The topological polar surface area (TPSA) is 34.5 Å². The van der Waals surface area contributed by atoms with Crippen molar-refractivity contribution in [2.75, 3.05) is 25.6 Å². The van der Waals surface area contributed by atoms with E-state index in [0.29, 0.717) is 6.54 Å². The molecule has 0 atom stereocenters. The first-order valence-electron chi connectivity index (χ1n) is 5.81. The third-order valence-electron chi connectivity index (χ3n) is 3.27. The minimum Gasteiger partial charge on any atom is -0.497 e. The zero-order chi connectivity index (χ0) is 12.7. The van der Waals surface area contributed by atoms with Crippen molar-refractivity contribution in [3.8, 4) is 11.4 Å². The maximum absolute atomic E-state index is 12.1. The van der Waals surface area contributed by atoms with E-state index in [-0.39, 0.29) is 5.78 Å². The Kier molecular flexibility index (Phi) is 2.37. The van der Waals surface area contributed by atoms with Crippen molar-refractivity contribution in [3.05, 3.63) is 42.2 Å². The molecule has 3 rings (SSSR count).